The van der Waals surface area contributed by atoms with E-state index in [1.807, 2.05) is 18.2 Å². The number of fused-ring (bicyclic) bond motifs is 4. The molecule has 4 rings (SSSR count). The van der Waals surface area contributed by atoms with Gasteiger partial charge < -0.3 is 9.64 Å². The van der Waals surface area contributed by atoms with Crippen molar-refractivity contribution in [1.82, 2.24) is 4.90 Å². The molecule has 21 heavy (non-hydrogen) atoms. The van der Waals surface area contributed by atoms with Crippen molar-refractivity contribution in [2.24, 2.45) is 11.3 Å². The number of likely N-dealkylation sites (tertiary alicyclic amines) is 1. The fraction of sp³-hybridized carbons (Fsp3) is 0.611. The SMILES string of the molecule is CC(C)(C(=O)N1C[C@@H]2C[C@H]1c1ccccc1O2)C1CCC1. The second-order valence-corrected chi connectivity index (χ2v) is 7.34. The topological polar surface area (TPSA) is 29.5 Å². The van der Waals surface area contributed by atoms with Crippen molar-refractivity contribution in [3.8, 4) is 5.75 Å². The summed E-state index contributed by atoms with van der Waals surface area (Å²) in [5.41, 5.74) is 0.953. The highest BCUT2D eigenvalue weighted by molar-refractivity contribution is 5.83. The summed E-state index contributed by atoms with van der Waals surface area (Å²) < 4.78 is 6.02. The maximum Gasteiger partial charge on any atom is 0.229 e. The fourth-order valence-electron chi connectivity index (χ4n) is 4.12. The molecule has 112 valence electrons. The zero-order valence-electron chi connectivity index (χ0n) is 12.8. The molecule has 1 saturated heterocycles. The second kappa shape index (κ2) is 4.49. The lowest BCUT2D eigenvalue weighted by Gasteiger charge is -2.42. The van der Waals surface area contributed by atoms with Crippen LogP contribution in [0.4, 0.5) is 0 Å². The molecular weight excluding hydrogens is 262 g/mol. The lowest BCUT2D eigenvalue weighted by Crippen LogP contribution is -2.46. The lowest BCUT2D eigenvalue weighted by molar-refractivity contribution is -0.146. The third kappa shape index (κ3) is 1.90. The van der Waals surface area contributed by atoms with E-state index in [9.17, 15) is 4.79 Å². The van der Waals surface area contributed by atoms with Gasteiger partial charge in [-0.25, -0.2) is 0 Å². The van der Waals surface area contributed by atoms with E-state index in [0.717, 1.165) is 18.7 Å². The van der Waals surface area contributed by atoms with Crippen molar-refractivity contribution in [3.05, 3.63) is 29.8 Å². The first kappa shape index (κ1) is 13.2. The van der Waals surface area contributed by atoms with E-state index in [4.69, 9.17) is 4.74 Å². The molecule has 2 bridgehead atoms. The van der Waals surface area contributed by atoms with Gasteiger partial charge in [0.15, 0.2) is 0 Å². The molecular formula is C18H23NO2. The quantitative estimate of drug-likeness (QED) is 0.831. The van der Waals surface area contributed by atoms with Crippen LogP contribution >= 0.6 is 0 Å². The highest BCUT2D eigenvalue weighted by Gasteiger charge is 2.48. The van der Waals surface area contributed by atoms with Crippen LogP contribution in [-0.2, 0) is 4.79 Å². The predicted molar refractivity (Wildman–Crippen MR) is 81.1 cm³/mol. The minimum atomic E-state index is -0.231. The van der Waals surface area contributed by atoms with Crippen molar-refractivity contribution in [2.75, 3.05) is 6.54 Å². The van der Waals surface area contributed by atoms with Gasteiger partial charge in [-0.1, -0.05) is 38.5 Å². The first-order valence-electron chi connectivity index (χ1n) is 8.14. The normalized spacial score (nSPS) is 27.8. The Bertz CT molecular complexity index is 576. The van der Waals surface area contributed by atoms with Gasteiger partial charge in [0, 0.05) is 17.4 Å². The van der Waals surface area contributed by atoms with Crippen molar-refractivity contribution in [3.63, 3.8) is 0 Å². The Labute approximate surface area is 126 Å². The van der Waals surface area contributed by atoms with Crippen molar-refractivity contribution in [1.29, 1.82) is 0 Å². The molecule has 1 aromatic carbocycles. The zero-order chi connectivity index (χ0) is 14.6. The average Bonchev–Trinajstić information content (AvgIpc) is 2.73. The highest BCUT2D eigenvalue weighted by atomic mass is 16.5. The summed E-state index contributed by atoms with van der Waals surface area (Å²) in [6.07, 6.45) is 4.80. The summed E-state index contributed by atoms with van der Waals surface area (Å²) in [6, 6.07) is 8.40. The van der Waals surface area contributed by atoms with E-state index in [-0.39, 0.29) is 17.6 Å². The van der Waals surface area contributed by atoms with Crippen LogP contribution in [0, 0.1) is 11.3 Å². The van der Waals surface area contributed by atoms with E-state index >= 15 is 0 Å². The number of carbonyl (C=O) groups is 1. The van der Waals surface area contributed by atoms with Crippen LogP contribution in [0.1, 0.15) is 51.1 Å². The van der Waals surface area contributed by atoms with Gasteiger partial charge in [-0.2, -0.15) is 0 Å². The molecule has 2 heterocycles. The smallest absolute Gasteiger partial charge is 0.229 e. The van der Waals surface area contributed by atoms with E-state index in [1.54, 1.807) is 0 Å². The Morgan fingerprint density at radius 1 is 1.29 bits per heavy atom. The summed E-state index contributed by atoms with van der Waals surface area (Å²) in [6.45, 7) is 5.01. The van der Waals surface area contributed by atoms with Gasteiger partial charge in [-0.05, 0) is 24.8 Å². The van der Waals surface area contributed by atoms with Crippen LogP contribution in [-0.4, -0.2) is 23.5 Å². The van der Waals surface area contributed by atoms with E-state index in [2.05, 4.69) is 24.8 Å². The third-order valence-electron chi connectivity index (χ3n) is 5.77. The molecule has 2 atom stereocenters. The average molecular weight is 285 g/mol. The van der Waals surface area contributed by atoms with Crippen LogP contribution in [0.2, 0.25) is 0 Å². The minimum absolute atomic E-state index is 0.172. The molecule has 1 amide bonds. The van der Waals surface area contributed by atoms with Gasteiger partial charge in [0.1, 0.15) is 11.9 Å². The van der Waals surface area contributed by atoms with Crippen LogP contribution in [0.15, 0.2) is 24.3 Å². The van der Waals surface area contributed by atoms with Crippen molar-refractivity contribution < 1.29 is 9.53 Å². The maximum absolute atomic E-state index is 13.1. The van der Waals surface area contributed by atoms with E-state index in [0.29, 0.717) is 11.8 Å². The first-order valence-corrected chi connectivity index (χ1v) is 8.14. The Kier molecular flexibility index (Phi) is 2.82. The van der Waals surface area contributed by atoms with Crippen LogP contribution in [0.5, 0.6) is 5.75 Å². The summed E-state index contributed by atoms with van der Waals surface area (Å²) in [5.74, 6) is 1.84. The van der Waals surface area contributed by atoms with Crippen LogP contribution < -0.4 is 4.74 Å². The summed E-state index contributed by atoms with van der Waals surface area (Å²) in [7, 11) is 0. The Balaban J connectivity index is 1.64. The first-order chi connectivity index (χ1) is 10.1. The van der Waals surface area contributed by atoms with Gasteiger partial charge in [-0.3, -0.25) is 4.79 Å². The van der Waals surface area contributed by atoms with Gasteiger partial charge >= 0.3 is 0 Å². The van der Waals surface area contributed by atoms with Gasteiger partial charge in [0.25, 0.3) is 0 Å². The molecule has 3 nitrogen and oxygen atoms in total. The third-order valence-corrected chi connectivity index (χ3v) is 5.77. The van der Waals surface area contributed by atoms with Crippen LogP contribution in [0.3, 0.4) is 0 Å². The molecule has 1 saturated carbocycles. The Morgan fingerprint density at radius 2 is 2.05 bits per heavy atom. The largest absolute Gasteiger partial charge is 0.488 e. The lowest BCUT2D eigenvalue weighted by atomic mass is 9.66. The molecule has 3 heteroatoms. The van der Waals surface area contributed by atoms with Gasteiger partial charge in [-0.15, -0.1) is 0 Å². The standard InChI is InChI=1S/C18H23NO2/c1-18(2,12-6-5-7-12)17(20)19-11-13-10-15(19)14-8-3-4-9-16(14)21-13/h3-4,8-9,12-13,15H,5-7,10-11H2,1-2H3/t13-,15-/m0/s1. The number of para-hydroxylation sites is 1. The number of nitrogens with zero attached hydrogens (tertiary/aromatic N) is 1. The molecule has 0 radical (unpaired) electrons. The monoisotopic (exact) mass is 285 g/mol. The number of hydrogen-bond acceptors (Lipinski definition) is 2. The summed E-state index contributed by atoms with van der Waals surface area (Å²) in [4.78, 5) is 15.2. The number of amides is 1. The van der Waals surface area contributed by atoms with Gasteiger partial charge in [0.05, 0.1) is 12.6 Å². The van der Waals surface area contributed by atoms with Gasteiger partial charge in [0.2, 0.25) is 5.91 Å². The molecule has 2 fully saturated rings. The Morgan fingerprint density at radius 3 is 2.76 bits per heavy atom. The molecule has 0 unspecified atom stereocenters. The highest BCUT2D eigenvalue weighted by Crippen LogP contribution is 2.48. The van der Waals surface area contributed by atoms with E-state index < -0.39 is 0 Å². The minimum Gasteiger partial charge on any atom is -0.488 e. The summed E-state index contributed by atoms with van der Waals surface area (Å²) >= 11 is 0. The number of carbonyl (C=O) groups excluding carboxylic acids is 1. The van der Waals surface area contributed by atoms with Crippen molar-refractivity contribution >= 4 is 5.91 Å². The molecule has 2 aliphatic heterocycles. The van der Waals surface area contributed by atoms with Crippen molar-refractivity contribution in [2.45, 2.75) is 51.7 Å². The summed E-state index contributed by atoms with van der Waals surface area (Å²) in [5, 5.41) is 0. The Hall–Kier alpha value is -1.51. The molecule has 1 aliphatic carbocycles. The number of hydrogen-bond donors (Lipinski definition) is 0. The number of ether oxygens (including phenoxy) is 1. The maximum atomic E-state index is 13.1. The molecule has 0 spiro atoms. The van der Waals surface area contributed by atoms with E-state index in [1.165, 1.54) is 24.8 Å². The molecule has 0 aromatic heterocycles. The predicted octanol–water partition coefficient (Wildman–Crippen LogP) is 3.55. The molecule has 0 N–H and O–H groups in total. The second-order valence-electron chi connectivity index (χ2n) is 7.34. The molecule has 3 aliphatic rings. The fourth-order valence-corrected chi connectivity index (χ4v) is 4.12. The number of benzene rings is 1. The number of rotatable bonds is 2. The molecule has 1 aromatic rings. The van der Waals surface area contributed by atoms with Crippen LogP contribution in [0.25, 0.3) is 0 Å². The zero-order valence-corrected chi connectivity index (χ0v) is 12.8.